The first-order chi connectivity index (χ1) is 8.29. The van der Waals surface area contributed by atoms with Gasteiger partial charge in [0.05, 0.1) is 0 Å². The Hall–Kier alpha value is -1.06. The van der Waals surface area contributed by atoms with Crippen LogP contribution in [0.15, 0.2) is 47.2 Å². The van der Waals surface area contributed by atoms with Gasteiger partial charge in [0.15, 0.2) is 0 Å². The zero-order valence-corrected chi connectivity index (χ0v) is 11.4. The molecule has 0 aliphatic carbocycles. The maximum atomic E-state index is 5.83. The van der Waals surface area contributed by atoms with Gasteiger partial charge in [-0.2, -0.15) is 0 Å². The normalized spacial score (nSPS) is 10.2. The lowest BCUT2D eigenvalue weighted by Gasteiger charge is -2.08. The van der Waals surface area contributed by atoms with E-state index in [1.165, 1.54) is 0 Å². The Labute approximate surface area is 114 Å². The van der Waals surface area contributed by atoms with Crippen LogP contribution in [0.5, 0.6) is 5.75 Å². The molecule has 0 spiro atoms. The number of benzene rings is 1. The van der Waals surface area contributed by atoms with Crippen LogP contribution in [-0.4, -0.2) is 4.98 Å². The molecule has 1 aromatic heterocycles. The quantitative estimate of drug-likeness (QED) is 0.791. The lowest BCUT2D eigenvalue weighted by molar-refractivity contribution is 0.306. The molecule has 0 radical (unpaired) electrons. The fraction of sp³-hybridized carbons (Fsp3) is 0.154. The highest BCUT2D eigenvalue weighted by atomic mass is 79.9. The second-order valence-electron chi connectivity index (χ2n) is 3.53. The lowest BCUT2D eigenvalue weighted by Crippen LogP contribution is -1.96. The topological polar surface area (TPSA) is 22.1 Å². The number of halogens is 2. The zero-order chi connectivity index (χ0) is 12.1. The van der Waals surface area contributed by atoms with Crippen molar-refractivity contribution in [2.24, 2.45) is 0 Å². The van der Waals surface area contributed by atoms with Crippen molar-refractivity contribution in [1.82, 2.24) is 4.98 Å². The van der Waals surface area contributed by atoms with Crippen LogP contribution in [0.25, 0.3) is 0 Å². The molecule has 17 heavy (non-hydrogen) atoms. The summed E-state index contributed by atoms with van der Waals surface area (Å²) in [6, 6.07) is 9.67. The average Bonchev–Trinajstić information content (AvgIpc) is 2.39. The number of hydrogen-bond donors (Lipinski definition) is 0. The SMILES string of the molecule is ClCc1cc(OCc2ccncc2)ccc1Br. The number of rotatable bonds is 4. The van der Waals surface area contributed by atoms with Crippen LogP contribution in [0, 0.1) is 0 Å². The molecule has 88 valence electrons. The minimum atomic E-state index is 0.465. The smallest absolute Gasteiger partial charge is 0.120 e. The van der Waals surface area contributed by atoms with Crippen molar-refractivity contribution in [2.45, 2.75) is 12.5 Å². The van der Waals surface area contributed by atoms with Crippen molar-refractivity contribution in [2.75, 3.05) is 0 Å². The van der Waals surface area contributed by atoms with Crippen LogP contribution in [-0.2, 0) is 12.5 Å². The van der Waals surface area contributed by atoms with E-state index < -0.39 is 0 Å². The summed E-state index contributed by atoms with van der Waals surface area (Å²) in [5.74, 6) is 1.29. The summed E-state index contributed by atoms with van der Waals surface area (Å²) in [5, 5.41) is 0. The van der Waals surface area contributed by atoms with E-state index in [4.69, 9.17) is 16.3 Å². The van der Waals surface area contributed by atoms with Crippen molar-refractivity contribution >= 4 is 27.5 Å². The molecule has 0 N–H and O–H groups in total. The number of nitrogens with zero attached hydrogens (tertiary/aromatic N) is 1. The molecule has 0 unspecified atom stereocenters. The third kappa shape index (κ3) is 3.45. The van der Waals surface area contributed by atoms with Gasteiger partial charge in [-0.3, -0.25) is 4.98 Å². The summed E-state index contributed by atoms with van der Waals surface area (Å²) in [7, 11) is 0. The summed E-state index contributed by atoms with van der Waals surface area (Å²) in [4.78, 5) is 3.96. The van der Waals surface area contributed by atoms with Crippen LogP contribution in [0.1, 0.15) is 11.1 Å². The van der Waals surface area contributed by atoms with E-state index in [1.54, 1.807) is 12.4 Å². The van der Waals surface area contributed by atoms with E-state index >= 15 is 0 Å². The summed E-state index contributed by atoms with van der Waals surface area (Å²) in [6.07, 6.45) is 3.51. The van der Waals surface area contributed by atoms with Gasteiger partial charge in [0.2, 0.25) is 0 Å². The molecular weight excluding hydrogens is 302 g/mol. The molecule has 0 bridgehead atoms. The average molecular weight is 313 g/mol. The van der Waals surface area contributed by atoms with Gasteiger partial charge in [-0.1, -0.05) is 15.9 Å². The first kappa shape index (κ1) is 12.4. The van der Waals surface area contributed by atoms with Crippen molar-refractivity contribution in [3.63, 3.8) is 0 Å². The molecule has 0 aliphatic heterocycles. The molecule has 2 aromatic rings. The molecule has 0 saturated heterocycles. The first-order valence-corrected chi connectivity index (χ1v) is 6.48. The third-order valence-electron chi connectivity index (χ3n) is 2.32. The number of pyridine rings is 1. The molecule has 0 aliphatic rings. The molecule has 4 heteroatoms. The molecule has 1 aromatic carbocycles. The maximum Gasteiger partial charge on any atom is 0.120 e. The standard InChI is InChI=1S/C13H11BrClNO/c14-13-2-1-12(7-11(13)8-15)17-9-10-3-5-16-6-4-10/h1-7H,8-9H2. The fourth-order valence-electron chi connectivity index (χ4n) is 1.39. The van der Waals surface area contributed by atoms with Crippen molar-refractivity contribution in [1.29, 1.82) is 0 Å². The van der Waals surface area contributed by atoms with Gasteiger partial charge in [0, 0.05) is 22.7 Å². The molecule has 0 amide bonds. The van der Waals surface area contributed by atoms with E-state index in [9.17, 15) is 0 Å². The Morgan fingerprint density at radius 3 is 2.65 bits per heavy atom. The van der Waals surface area contributed by atoms with Gasteiger partial charge < -0.3 is 4.74 Å². The minimum absolute atomic E-state index is 0.465. The lowest BCUT2D eigenvalue weighted by atomic mass is 10.2. The Bertz CT molecular complexity index is 490. The number of ether oxygens (including phenoxy) is 1. The monoisotopic (exact) mass is 311 g/mol. The summed E-state index contributed by atoms with van der Waals surface area (Å²) < 4.78 is 6.69. The van der Waals surface area contributed by atoms with Gasteiger partial charge in [-0.25, -0.2) is 0 Å². The first-order valence-electron chi connectivity index (χ1n) is 5.15. The maximum absolute atomic E-state index is 5.83. The number of alkyl halides is 1. The van der Waals surface area contributed by atoms with Gasteiger partial charge >= 0.3 is 0 Å². The van der Waals surface area contributed by atoms with E-state index in [1.807, 2.05) is 30.3 Å². The highest BCUT2D eigenvalue weighted by Crippen LogP contribution is 2.24. The fourth-order valence-corrected chi connectivity index (χ4v) is 2.16. The van der Waals surface area contributed by atoms with E-state index in [-0.39, 0.29) is 0 Å². The Balaban J connectivity index is 2.04. The van der Waals surface area contributed by atoms with Crippen molar-refractivity contribution < 1.29 is 4.74 Å². The van der Waals surface area contributed by atoms with Crippen LogP contribution in [0.4, 0.5) is 0 Å². The van der Waals surface area contributed by atoms with Gasteiger partial charge in [-0.05, 0) is 41.5 Å². The van der Waals surface area contributed by atoms with E-state index in [0.29, 0.717) is 12.5 Å². The van der Waals surface area contributed by atoms with Crippen molar-refractivity contribution in [3.05, 3.63) is 58.3 Å². The molecular formula is C13H11BrClNO. The second-order valence-corrected chi connectivity index (χ2v) is 4.65. The predicted octanol–water partition coefficient (Wildman–Crippen LogP) is 4.16. The minimum Gasteiger partial charge on any atom is -0.489 e. The Morgan fingerprint density at radius 2 is 1.94 bits per heavy atom. The van der Waals surface area contributed by atoms with Gasteiger partial charge in [-0.15, -0.1) is 11.6 Å². The predicted molar refractivity (Wildman–Crippen MR) is 72.3 cm³/mol. The van der Waals surface area contributed by atoms with Crippen molar-refractivity contribution in [3.8, 4) is 5.75 Å². The summed E-state index contributed by atoms with van der Waals surface area (Å²) in [5.41, 5.74) is 2.12. The summed E-state index contributed by atoms with van der Waals surface area (Å²) >= 11 is 9.27. The Morgan fingerprint density at radius 1 is 1.18 bits per heavy atom. The van der Waals surface area contributed by atoms with Crippen LogP contribution < -0.4 is 4.74 Å². The van der Waals surface area contributed by atoms with E-state index in [0.717, 1.165) is 21.3 Å². The van der Waals surface area contributed by atoms with Gasteiger partial charge in [0.1, 0.15) is 12.4 Å². The molecule has 0 saturated carbocycles. The molecule has 1 heterocycles. The molecule has 0 atom stereocenters. The molecule has 2 nitrogen and oxygen atoms in total. The number of hydrogen-bond acceptors (Lipinski definition) is 2. The van der Waals surface area contributed by atoms with E-state index in [2.05, 4.69) is 20.9 Å². The van der Waals surface area contributed by atoms with Crippen LogP contribution in [0.3, 0.4) is 0 Å². The molecule has 0 fully saturated rings. The van der Waals surface area contributed by atoms with Crippen LogP contribution >= 0.6 is 27.5 Å². The van der Waals surface area contributed by atoms with Crippen LogP contribution in [0.2, 0.25) is 0 Å². The number of aromatic nitrogens is 1. The highest BCUT2D eigenvalue weighted by Gasteiger charge is 2.01. The second kappa shape index (κ2) is 6.03. The summed E-state index contributed by atoms with van der Waals surface area (Å²) in [6.45, 7) is 0.534. The highest BCUT2D eigenvalue weighted by molar-refractivity contribution is 9.10. The third-order valence-corrected chi connectivity index (χ3v) is 3.38. The van der Waals surface area contributed by atoms with Gasteiger partial charge in [0.25, 0.3) is 0 Å². The zero-order valence-electron chi connectivity index (χ0n) is 9.07. The largest absolute Gasteiger partial charge is 0.489 e. The Kier molecular flexibility index (Phi) is 4.40. The molecule has 2 rings (SSSR count).